The topological polar surface area (TPSA) is 94.1 Å². The van der Waals surface area contributed by atoms with Crippen LogP contribution in [0.1, 0.15) is 40.2 Å². The van der Waals surface area contributed by atoms with E-state index in [1.54, 1.807) is 13.2 Å². The van der Waals surface area contributed by atoms with Gasteiger partial charge in [-0.3, -0.25) is 19.1 Å². The molecule has 0 fully saturated rings. The van der Waals surface area contributed by atoms with Crippen molar-refractivity contribution in [2.75, 3.05) is 13.7 Å². The smallest absolute Gasteiger partial charge is 0.329 e. The number of fused-ring (bicyclic) bond motifs is 3. The Morgan fingerprint density at radius 3 is 2.86 bits per heavy atom. The summed E-state index contributed by atoms with van der Waals surface area (Å²) >= 11 is 6.12. The molecule has 150 valence electrons. The van der Waals surface area contributed by atoms with Crippen LogP contribution >= 0.6 is 11.6 Å². The number of methoxy groups -OCH3 is 1. The monoisotopic (exact) mass is 413 g/mol. The predicted octanol–water partition coefficient (Wildman–Crippen LogP) is 2.69. The number of ether oxygens (including phenoxy) is 1. The molecule has 1 unspecified atom stereocenters. The minimum atomic E-state index is -0.517. The summed E-state index contributed by atoms with van der Waals surface area (Å²) in [5.74, 6) is -0.158. The average molecular weight is 414 g/mol. The van der Waals surface area contributed by atoms with Gasteiger partial charge in [-0.25, -0.2) is 9.78 Å². The lowest BCUT2D eigenvalue weighted by molar-refractivity contribution is 0.0964. The van der Waals surface area contributed by atoms with E-state index in [9.17, 15) is 14.4 Å². The number of benzene rings is 1. The molecule has 2 aromatic heterocycles. The van der Waals surface area contributed by atoms with Gasteiger partial charge in [0, 0.05) is 43.5 Å². The van der Waals surface area contributed by atoms with Gasteiger partial charge >= 0.3 is 5.69 Å². The molecule has 2 heterocycles. The number of Topliss-reactive ketones (excluding diaryl/α,β-unsaturated/α-hetero) is 1. The molecule has 0 aliphatic heterocycles. The van der Waals surface area contributed by atoms with Crippen molar-refractivity contribution in [3.05, 3.63) is 73.0 Å². The maximum Gasteiger partial charge on any atom is 0.329 e. The summed E-state index contributed by atoms with van der Waals surface area (Å²) < 4.78 is 6.49. The van der Waals surface area contributed by atoms with E-state index in [0.717, 1.165) is 5.56 Å². The van der Waals surface area contributed by atoms with Crippen LogP contribution in [-0.4, -0.2) is 34.0 Å². The number of carbonyl (C=O) groups excluding carboxylic acids is 1. The van der Waals surface area contributed by atoms with E-state index in [-0.39, 0.29) is 11.7 Å². The molecule has 0 spiro atoms. The molecule has 0 bridgehead atoms. The van der Waals surface area contributed by atoms with Crippen molar-refractivity contribution in [1.82, 2.24) is 14.5 Å². The minimum absolute atomic E-state index is 0.0674. The molecule has 0 saturated heterocycles. The van der Waals surface area contributed by atoms with Crippen LogP contribution in [0.5, 0.6) is 0 Å². The van der Waals surface area contributed by atoms with Crippen LogP contribution in [0.25, 0.3) is 11.0 Å². The first-order valence-corrected chi connectivity index (χ1v) is 9.79. The Kier molecular flexibility index (Phi) is 5.34. The highest BCUT2D eigenvalue weighted by Gasteiger charge is 2.30. The lowest BCUT2D eigenvalue weighted by Gasteiger charge is -2.25. The maximum absolute atomic E-state index is 12.8. The van der Waals surface area contributed by atoms with E-state index in [1.807, 2.05) is 18.2 Å². The summed E-state index contributed by atoms with van der Waals surface area (Å²) in [6, 6.07) is 7.41. The first-order valence-electron chi connectivity index (χ1n) is 9.42. The Labute approximate surface area is 171 Å². The van der Waals surface area contributed by atoms with Gasteiger partial charge in [-0.05, 0) is 42.0 Å². The number of nitrogens with zero attached hydrogens (tertiary/aromatic N) is 2. The van der Waals surface area contributed by atoms with E-state index in [2.05, 4.69) is 9.97 Å². The van der Waals surface area contributed by atoms with Gasteiger partial charge in [-0.1, -0.05) is 23.7 Å². The highest BCUT2D eigenvalue weighted by molar-refractivity contribution is 6.30. The number of aromatic amines is 1. The fraction of sp³-hybridized carbons (Fsp3) is 0.333. The van der Waals surface area contributed by atoms with Crippen LogP contribution in [0.3, 0.4) is 0 Å². The van der Waals surface area contributed by atoms with E-state index in [0.29, 0.717) is 59.6 Å². The molecule has 7 nitrogen and oxygen atoms in total. The summed E-state index contributed by atoms with van der Waals surface area (Å²) in [4.78, 5) is 44.5. The highest BCUT2D eigenvalue weighted by Crippen LogP contribution is 2.35. The zero-order chi connectivity index (χ0) is 20.5. The standard InChI is InChI=1S/C21H20ClN3O4/c1-29-7-3-6-25-19-18(20(27)24-21(25)28)15-9-13(10-17(26)16(15)11-23-19)12-4-2-5-14(22)8-12/h2,4-5,8,11,13H,3,6-7,9-10H2,1H3,(H,24,27,28). The number of halogens is 1. The first kappa shape index (κ1) is 19.5. The maximum atomic E-state index is 12.8. The summed E-state index contributed by atoms with van der Waals surface area (Å²) in [7, 11) is 1.59. The van der Waals surface area contributed by atoms with Gasteiger partial charge in [-0.2, -0.15) is 0 Å². The van der Waals surface area contributed by atoms with Gasteiger partial charge in [0.25, 0.3) is 5.56 Å². The fourth-order valence-corrected chi connectivity index (χ4v) is 4.18. The normalized spacial score (nSPS) is 16.2. The number of aromatic nitrogens is 3. The lowest BCUT2D eigenvalue weighted by atomic mass is 9.79. The number of rotatable bonds is 5. The second-order valence-electron chi connectivity index (χ2n) is 7.19. The van der Waals surface area contributed by atoms with Crippen LogP contribution in [0.2, 0.25) is 5.02 Å². The molecule has 29 heavy (non-hydrogen) atoms. The van der Waals surface area contributed by atoms with E-state index < -0.39 is 11.2 Å². The molecule has 0 saturated carbocycles. The third-order valence-corrected chi connectivity index (χ3v) is 5.58. The van der Waals surface area contributed by atoms with Crippen LogP contribution in [-0.2, 0) is 17.7 Å². The summed E-state index contributed by atoms with van der Waals surface area (Å²) in [5, 5.41) is 0.907. The Balaban J connectivity index is 1.86. The number of hydrogen-bond acceptors (Lipinski definition) is 5. The second kappa shape index (κ2) is 7.93. The van der Waals surface area contributed by atoms with Crippen LogP contribution in [0, 0.1) is 0 Å². The van der Waals surface area contributed by atoms with E-state index in [4.69, 9.17) is 16.3 Å². The molecule has 0 amide bonds. The molecular formula is C21H20ClN3O4. The van der Waals surface area contributed by atoms with Crippen LogP contribution in [0.4, 0.5) is 0 Å². The minimum Gasteiger partial charge on any atom is -0.385 e. The molecule has 1 N–H and O–H groups in total. The van der Waals surface area contributed by atoms with Crippen molar-refractivity contribution >= 4 is 28.4 Å². The van der Waals surface area contributed by atoms with Gasteiger partial charge in [0.05, 0.1) is 5.39 Å². The van der Waals surface area contributed by atoms with Gasteiger partial charge in [-0.15, -0.1) is 0 Å². The van der Waals surface area contributed by atoms with Crippen molar-refractivity contribution in [1.29, 1.82) is 0 Å². The second-order valence-corrected chi connectivity index (χ2v) is 7.63. The van der Waals surface area contributed by atoms with Gasteiger partial charge < -0.3 is 4.74 Å². The van der Waals surface area contributed by atoms with Crippen molar-refractivity contribution in [3.8, 4) is 0 Å². The van der Waals surface area contributed by atoms with Crippen LogP contribution in [0.15, 0.2) is 40.1 Å². The Hall–Kier alpha value is -2.77. The molecule has 1 aliphatic carbocycles. The SMILES string of the molecule is COCCCn1c(=O)[nH]c(=O)c2c3c(cnc21)C(=O)CC(c1cccc(Cl)c1)C3. The Bertz CT molecular complexity index is 1210. The van der Waals surface area contributed by atoms with Gasteiger partial charge in [0.1, 0.15) is 5.65 Å². The number of H-pyrrole nitrogens is 1. The number of pyridine rings is 1. The third kappa shape index (κ3) is 3.63. The van der Waals surface area contributed by atoms with Crippen molar-refractivity contribution in [2.45, 2.75) is 31.7 Å². The van der Waals surface area contributed by atoms with Crippen molar-refractivity contribution in [3.63, 3.8) is 0 Å². The van der Waals surface area contributed by atoms with Crippen LogP contribution < -0.4 is 11.2 Å². The molecule has 1 aliphatic rings. The van der Waals surface area contributed by atoms with Gasteiger partial charge in [0.2, 0.25) is 0 Å². The molecule has 4 rings (SSSR count). The molecule has 3 aromatic rings. The van der Waals surface area contributed by atoms with E-state index in [1.165, 1.54) is 10.8 Å². The van der Waals surface area contributed by atoms with Crippen molar-refractivity contribution < 1.29 is 9.53 Å². The highest BCUT2D eigenvalue weighted by atomic mass is 35.5. The number of nitrogens with one attached hydrogen (secondary N) is 1. The first-order chi connectivity index (χ1) is 14.0. The zero-order valence-corrected chi connectivity index (χ0v) is 16.7. The summed E-state index contributed by atoms with van der Waals surface area (Å²) in [5.41, 5.74) is 1.30. The zero-order valence-electron chi connectivity index (χ0n) is 15.9. The predicted molar refractivity (Wildman–Crippen MR) is 110 cm³/mol. The third-order valence-electron chi connectivity index (χ3n) is 5.35. The Morgan fingerprint density at radius 1 is 1.28 bits per heavy atom. The number of carbonyl (C=O) groups is 1. The molecular weight excluding hydrogens is 394 g/mol. The lowest BCUT2D eigenvalue weighted by Crippen LogP contribution is -2.33. The summed E-state index contributed by atoms with van der Waals surface area (Å²) in [6.45, 7) is 0.838. The molecule has 1 atom stereocenters. The van der Waals surface area contributed by atoms with Gasteiger partial charge in [0.15, 0.2) is 5.78 Å². The number of hydrogen-bond donors (Lipinski definition) is 1. The van der Waals surface area contributed by atoms with E-state index >= 15 is 0 Å². The average Bonchev–Trinajstić information content (AvgIpc) is 2.69. The Morgan fingerprint density at radius 2 is 2.10 bits per heavy atom. The molecule has 0 radical (unpaired) electrons. The largest absolute Gasteiger partial charge is 0.385 e. The summed E-state index contributed by atoms with van der Waals surface area (Å²) in [6.07, 6.45) is 2.91. The number of aryl methyl sites for hydroxylation is 1. The quantitative estimate of drug-likeness (QED) is 0.649. The van der Waals surface area contributed by atoms with Crippen molar-refractivity contribution in [2.24, 2.45) is 0 Å². The molecule has 1 aromatic carbocycles. The fourth-order valence-electron chi connectivity index (χ4n) is 3.98. The number of ketones is 1. The molecule has 8 heteroatoms.